The lowest BCUT2D eigenvalue weighted by Gasteiger charge is -2.10. The van der Waals surface area contributed by atoms with Crippen molar-refractivity contribution in [2.24, 2.45) is 0 Å². The third kappa shape index (κ3) is 3.37. The van der Waals surface area contributed by atoms with Gasteiger partial charge < -0.3 is 15.1 Å². The standard InChI is InChI=1S/C11H14N5O4P/c1-7(2)9-3-8(4-12)10-11(13-5-15-16(9)10)14-6-20-21(17,18)19/h3,5,7H,6H2,1-2H3,(H,13,14,15)(H2,17,18,19). The Balaban J connectivity index is 2.41. The Labute approximate surface area is 120 Å². The average Bonchev–Trinajstić information content (AvgIpc) is 2.77. The maximum Gasteiger partial charge on any atom is 0.471 e. The van der Waals surface area contributed by atoms with E-state index in [1.807, 2.05) is 13.8 Å². The molecular formula is C11H14N5O4P. The minimum atomic E-state index is -4.57. The summed E-state index contributed by atoms with van der Waals surface area (Å²) in [6, 6.07) is 3.77. The molecule has 112 valence electrons. The van der Waals surface area contributed by atoms with Gasteiger partial charge in [-0.3, -0.25) is 4.52 Å². The van der Waals surface area contributed by atoms with Gasteiger partial charge in [0.2, 0.25) is 0 Å². The molecule has 0 saturated carbocycles. The van der Waals surface area contributed by atoms with Crippen molar-refractivity contribution in [2.45, 2.75) is 19.8 Å². The molecular weight excluding hydrogens is 297 g/mol. The summed E-state index contributed by atoms with van der Waals surface area (Å²) in [5, 5.41) is 15.9. The average molecular weight is 311 g/mol. The molecule has 0 fully saturated rings. The second-order valence-corrected chi connectivity index (χ2v) is 5.80. The number of aromatic nitrogens is 3. The van der Waals surface area contributed by atoms with Gasteiger partial charge in [-0.15, -0.1) is 0 Å². The third-order valence-corrected chi connectivity index (χ3v) is 3.23. The Hall–Kier alpha value is -1.98. The Morgan fingerprint density at radius 1 is 1.57 bits per heavy atom. The highest BCUT2D eigenvalue weighted by molar-refractivity contribution is 7.46. The zero-order valence-electron chi connectivity index (χ0n) is 11.4. The Bertz CT molecular complexity index is 745. The van der Waals surface area contributed by atoms with Gasteiger partial charge in [-0.05, 0) is 12.0 Å². The largest absolute Gasteiger partial charge is 0.471 e. The number of anilines is 1. The number of hydrogen-bond donors (Lipinski definition) is 3. The Kier molecular flexibility index (Phi) is 4.25. The van der Waals surface area contributed by atoms with Gasteiger partial charge in [0.15, 0.2) is 5.82 Å². The molecule has 3 N–H and O–H groups in total. The van der Waals surface area contributed by atoms with Gasteiger partial charge in [0.1, 0.15) is 24.6 Å². The topological polar surface area (TPSA) is 133 Å². The fraction of sp³-hybridized carbons (Fsp3) is 0.364. The van der Waals surface area contributed by atoms with Crippen LogP contribution in [0.15, 0.2) is 12.4 Å². The number of phosphoric ester groups is 1. The molecule has 2 aromatic rings. The predicted octanol–water partition coefficient (Wildman–Crippen LogP) is 1.20. The van der Waals surface area contributed by atoms with Crippen LogP contribution in [-0.4, -0.2) is 31.1 Å². The molecule has 0 amide bonds. The SMILES string of the molecule is CC(C)c1cc(C#N)c2c(NCOP(=O)(O)O)ncnn12. The van der Waals surface area contributed by atoms with Gasteiger partial charge in [-0.2, -0.15) is 10.4 Å². The second-order valence-electron chi connectivity index (χ2n) is 4.56. The first kappa shape index (κ1) is 15.4. The van der Waals surface area contributed by atoms with E-state index in [-0.39, 0.29) is 11.7 Å². The van der Waals surface area contributed by atoms with Crippen molar-refractivity contribution in [1.29, 1.82) is 5.26 Å². The number of nitriles is 1. The number of phosphoric acid groups is 1. The predicted molar refractivity (Wildman–Crippen MR) is 73.4 cm³/mol. The van der Waals surface area contributed by atoms with E-state index in [4.69, 9.17) is 9.79 Å². The highest BCUT2D eigenvalue weighted by Gasteiger charge is 2.18. The molecule has 0 aliphatic carbocycles. The summed E-state index contributed by atoms with van der Waals surface area (Å²) in [6.07, 6.45) is 1.29. The number of rotatable bonds is 5. The molecule has 0 atom stereocenters. The minimum absolute atomic E-state index is 0.147. The maximum atomic E-state index is 10.6. The Morgan fingerprint density at radius 3 is 2.86 bits per heavy atom. The van der Waals surface area contributed by atoms with Gasteiger partial charge in [0.25, 0.3) is 0 Å². The molecule has 0 spiro atoms. The summed E-state index contributed by atoms with van der Waals surface area (Å²) in [5.74, 6) is 0.413. The second kappa shape index (κ2) is 5.79. The number of fused-ring (bicyclic) bond motifs is 1. The van der Waals surface area contributed by atoms with E-state index in [0.29, 0.717) is 11.1 Å². The number of nitrogens with zero attached hydrogens (tertiary/aromatic N) is 4. The monoisotopic (exact) mass is 311 g/mol. The lowest BCUT2D eigenvalue weighted by molar-refractivity contribution is 0.209. The van der Waals surface area contributed by atoms with Crippen LogP contribution in [0.4, 0.5) is 5.82 Å². The first-order valence-corrected chi connectivity index (χ1v) is 7.57. The first-order valence-electron chi connectivity index (χ1n) is 6.04. The normalized spacial score (nSPS) is 11.8. The first-order chi connectivity index (χ1) is 9.83. The fourth-order valence-corrected chi connectivity index (χ4v) is 2.11. The van der Waals surface area contributed by atoms with E-state index < -0.39 is 14.6 Å². The van der Waals surface area contributed by atoms with E-state index in [1.165, 1.54) is 6.33 Å². The molecule has 2 rings (SSSR count). The molecule has 0 bridgehead atoms. The van der Waals surface area contributed by atoms with Crippen LogP contribution in [0.5, 0.6) is 0 Å². The van der Waals surface area contributed by atoms with Gasteiger partial charge in [-0.1, -0.05) is 13.8 Å². The van der Waals surface area contributed by atoms with E-state index in [9.17, 15) is 9.83 Å². The molecule has 0 aliphatic rings. The van der Waals surface area contributed by atoms with E-state index >= 15 is 0 Å². The lowest BCUT2D eigenvalue weighted by atomic mass is 10.1. The molecule has 0 saturated heterocycles. The van der Waals surface area contributed by atoms with Crippen molar-refractivity contribution in [3.05, 3.63) is 23.7 Å². The van der Waals surface area contributed by atoms with Gasteiger partial charge in [-0.25, -0.2) is 14.1 Å². The summed E-state index contributed by atoms with van der Waals surface area (Å²) in [5.41, 5.74) is 1.65. The highest BCUT2D eigenvalue weighted by atomic mass is 31.2. The van der Waals surface area contributed by atoms with Gasteiger partial charge in [0.05, 0.1) is 5.56 Å². The molecule has 10 heteroatoms. The summed E-state index contributed by atoms with van der Waals surface area (Å²) in [6.45, 7) is 3.49. The molecule has 2 heterocycles. The quantitative estimate of drug-likeness (QED) is 0.554. The molecule has 0 unspecified atom stereocenters. The highest BCUT2D eigenvalue weighted by Crippen LogP contribution is 2.35. The molecule has 2 aromatic heterocycles. The summed E-state index contributed by atoms with van der Waals surface area (Å²) < 4.78 is 16.5. The number of hydrogen-bond acceptors (Lipinski definition) is 6. The molecule has 0 radical (unpaired) electrons. The number of nitrogens with one attached hydrogen (secondary N) is 1. The van der Waals surface area contributed by atoms with E-state index in [1.54, 1.807) is 10.6 Å². The van der Waals surface area contributed by atoms with Crippen molar-refractivity contribution in [2.75, 3.05) is 12.0 Å². The zero-order valence-corrected chi connectivity index (χ0v) is 12.3. The van der Waals surface area contributed by atoms with Crippen molar-refractivity contribution in [3.8, 4) is 6.07 Å². The van der Waals surface area contributed by atoms with Crippen molar-refractivity contribution >= 4 is 19.2 Å². The van der Waals surface area contributed by atoms with Gasteiger partial charge in [0, 0.05) is 5.69 Å². The molecule has 0 aliphatic heterocycles. The van der Waals surface area contributed by atoms with Crippen molar-refractivity contribution in [1.82, 2.24) is 14.6 Å². The van der Waals surface area contributed by atoms with Crippen LogP contribution < -0.4 is 5.32 Å². The van der Waals surface area contributed by atoms with Crippen LogP contribution in [0.2, 0.25) is 0 Å². The van der Waals surface area contributed by atoms with Crippen molar-refractivity contribution in [3.63, 3.8) is 0 Å². The fourth-order valence-electron chi connectivity index (χ4n) is 1.88. The van der Waals surface area contributed by atoms with Crippen LogP contribution in [0.3, 0.4) is 0 Å². The lowest BCUT2D eigenvalue weighted by Crippen LogP contribution is -2.09. The summed E-state index contributed by atoms with van der Waals surface area (Å²) >= 11 is 0. The van der Waals surface area contributed by atoms with Crippen LogP contribution in [0.25, 0.3) is 5.52 Å². The summed E-state index contributed by atoms with van der Waals surface area (Å²) in [4.78, 5) is 21.3. The van der Waals surface area contributed by atoms with Crippen LogP contribution in [0, 0.1) is 11.3 Å². The maximum absolute atomic E-state index is 10.6. The van der Waals surface area contributed by atoms with Crippen LogP contribution in [0.1, 0.15) is 31.0 Å². The molecule has 0 aromatic carbocycles. The summed E-state index contributed by atoms with van der Waals surface area (Å²) in [7, 11) is -4.57. The van der Waals surface area contributed by atoms with E-state index in [2.05, 4.69) is 26.0 Å². The zero-order chi connectivity index (χ0) is 15.6. The van der Waals surface area contributed by atoms with Crippen molar-refractivity contribution < 1.29 is 18.9 Å². The third-order valence-electron chi connectivity index (χ3n) is 2.77. The Morgan fingerprint density at radius 2 is 2.29 bits per heavy atom. The van der Waals surface area contributed by atoms with Gasteiger partial charge >= 0.3 is 7.82 Å². The smallest absolute Gasteiger partial charge is 0.345 e. The minimum Gasteiger partial charge on any atom is -0.345 e. The van der Waals surface area contributed by atoms with E-state index in [0.717, 1.165) is 5.69 Å². The van der Waals surface area contributed by atoms with Crippen LogP contribution >= 0.6 is 7.82 Å². The molecule has 9 nitrogen and oxygen atoms in total. The van der Waals surface area contributed by atoms with Crippen LogP contribution in [-0.2, 0) is 9.09 Å². The molecule has 21 heavy (non-hydrogen) atoms.